The number of nitrogens with one attached hydrogen (secondary N) is 1. The Morgan fingerprint density at radius 1 is 1.36 bits per heavy atom. The second-order valence-corrected chi connectivity index (χ2v) is 6.85. The van der Waals surface area contributed by atoms with Gasteiger partial charge in [-0.05, 0) is 24.5 Å². The lowest BCUT2D eigenvalue weighted by molar-refractivity contribution is -0.123. The highest BCUT2D eigenvalue weighted by Crippen LogP contribution is 2.27. The summed E-state index contributed by atoms with van der Waals surface area (Å²) in [6.45, 7) is 4.06. The lowest BCUT2D eigenvalue weighted by Crippen LogP contribution is -2.34. The van der Waals surface area contributed by atoms with Crippen LogP contribution in [0.15, 0.2) is 29.8 Å². The van der Waals surface area contributed by atoms with Gasteiger partial charge in [0.15, 0.2) is 11.2 Å². The minimum atomic E-state index is -0.624. The first-order valence-corrected chi connectivity index (χ1v) is 8.41. The topological polar surface area (TPSA) is 51.2 Å². The lowest BCUT2D eigenvalue weighted by atomic mass is 10.1. The molecule has 1 atom stereocenters. The van der Waals surface area contributed by atoms with Gasteiger partial charge in [-0.1, -0.05) is 37.0 Å². The Morgan fingerprint density at radius 3 is 2.73 bits per heavy atom. The van der Waals surface area contributed by atoms with Gasteiger partial charge in [-0.2, -0.15) is 0 Å². The van der Waals surface area contributed by atoms with Crippen LogP contribution >= 0.6 is 34.5 Å². The van der Waals surface area contributed by atoms with Gasteiger partial charge in [0.2, 0.25) is 0 Å². The van der Waals surface area contributed by atoms with Crippen molar-refractivity contribution in [2.75, 3.05) is 5.32 Å². The number of rotatable bonds is 6. The number of ether oxygens (including phenoxy) is 1. The largest absolute Gasteiger partial charge is 0.481 e. The predicted octanol–water partition coefficient (Wildman–Crippen LogP) is 4.88. The zero-order valence-corrected chi connectivity index (χ0v) is 14.5. The van der Waals surface area contributed by atoms with E-state index in [1.54, 1.807) is 29.8 Å². The number of anilines is 1. The fraction of sp³-hybridized carbons (Fsp3) is 0.333. The number of benzene rings is 1. The first kappa shape index (κ1) is 17.1. The molecule has 2 aromatic rings. The monoisotopic (exact) mass is 358 g/mol. The first-order valence-electron chi connectivity index (χ1n) is 6.77. The number of aromatic nitrogens is 1. The van der Waals surface area contributed by atoms with Crippen molar-refractivity contribution in [3.63, 3.8) is 0 Å². The van der Waals surface area contributed by atoms with Crippen molar-refractivity contribution in [3.05, 3.63) is 39.8 Å². The third-order valence-electron chi connectivity index (χ3n) is 2.81. The molecule has 1 heterocycles. The number of hydrogen-bond acceptors (Lipinski definition) is 4. The Labute approximate surface area is 143 Å². The minimum Gasteiger partial charge on any atom is -0.481 e. The Balaban J connectivity index is 2.11. The van der Waals surface area contributed by atoms with E-state index in [2.05, 4.69) is 10.3 Å². The van der Waals surface area contributed by atoms with Crippen molar-refractivity contribution < 1.29 is 9.53 Å². The molecule has 0 aliphatic carbocycles. The quantitative estimate of drug-likeness (QED) is 0.800. The maximum Gasteiger partial charge on any atom is 0.267 e. The number of carbonyl (C=O) groups excluding carboxylic acids is 1. The molecule has 118 valence electrons. The maximum absolute atomic E-state index is 12.4. The van der Waals surface area contributed by atoms with Crippen LogP contribution in [0.25, 0.3) is 0 Å². The molecular weight excluding hydrogens is 343 g/mol. The van der Waals surface area contributed by atoms with E-state index in [1.165, 1.54) is 11.3 Å². The van der Waals surface area contributed by atoms with Crippen molar-refractivity contribution in [1.82, 2.24) is 4.98 Å². The number of thiazole rings is 1. The van der Waals surface area contributed by atoms with Gasteiger partial charge in [0.25, 0.3) is 5.91 Å². The molecule has 1 aromatic carbocycles. The van der Waals surface area contributed by atoms with Crippen molar-refractivity contribution in [2.24, 2.45) is 5.92 Å². The zero-order valence-electron chi connectivity index (χ0n) is 12.2. The van der Waals surface area contributed by atoms with Crippen LogP contribution in [0.2, 0.25) is 10.0 Å². The molecule has 1 N–H and O–H groups in total. The summed E-state index contributed by atoms with van der Waals surface area (Å²) in [5.74, 6) is 0.582. The van der Waals surface area contributed by atoms with Crippen LogP contribution in [0.4, 0.5) is 5.13 Å². The van der Waals surface area contributed by atoms with Gasteiger partial charge in [-0.25, -0.2) is 4.98 Å². The van der Waals surface area contributed by atoms with Crippen molar-refractivity contribution in [3.8, 4) is 5.75 Å². The van der Waals surface area contributed by atoms with Crippen LogP contribution in [0.1, 0.15) is 20.3 Å². The molecule has 0 saturated carbocycles. The van der Waals surface area contributed by atoms with Gasteiger partial charge in [-0.15, -0.1) is 11.3 Å². The number of carbonyl (C=O) groups is 1. The number of amides is 1. The molecule has 0 aliphatic heterocycles. The number of nitrogens with zero attached hydrogens (tertiary/aromatic N) is 1. The summed E-state index contributed by atoms with van der Waals surface area (Å²) >= 11 is 13.2. The molecule has 0 bridgehead atoms. The highest BCUT2D eigenvalue weighted by molar-refractivity contribution is 7.13. The normalized spacial score (nSPS) is 12.2. The fourth-order valence-corrected chi connectivity index (χ4v) is 2.64. The average Bonchev–Trinajstić information content (AvgIpc) is 2.94. The van der Waals surface area contributed by atoms with Gasteiger partial charge in [0.1, 0.15) is 5.75 Å². The second kappa shape index (κ2) is 7.81. The molecular formula is C15H16Cl2N2O2S. The van der Waals surface area contributed by atoms with Gasteiger partial charge >= 0.3 is 0 Å². The van der Waals surface area contributed by atoms with E-state index in [-0.39, 0.29) is 5.91 Å². The molecule has 2 rings (SSSR count). The maximum atomic E-state index is 12.4. The van der Waals surface area contributed by atoms with Gasteiger partial charge in [-0.3, -0.25) is 10.1 Å². The van der Waals surface area contributed by atoms with Gasteiger partial charge in [0, 0.05) is 17.6 Å². The molecule has 0 radical (unpaired) electrons. The van der Waals surface area contributed by atoms with E-state index in [4.69, 9.17) is 27.9 Å². The molecule has 1 unspecified atom stereocenters. The molecule has 0 saturated heterocycles. The van der Waals surface area contributed by atoms with Crippen molar-refractivity contribution in [1.29, 1.82) is 0 Å². The second-order valence-electron chi connectivity index (χ2n) is 5.14. The summed E-state index contributed by atoms with van der Waals surface area (Å²) in [4.78, 5) is 16.4. The number of hydrogen-bond donors (Lipinski definition) is 1. The fourth-order valence-electron chi connectivity index (χ4n) is 1.82. The molecule has 0 fully saturated rings. The summed E-state index contributed by atoms with van der Waals surface area (Å²) in [6, 6.07) is 4.94. The summed E-state index contributed by atoms with van der Waals surface area (Å²) in [6.07, 6.45) is 1.59. The number of halogens is 2. The van der Waals surface area contributed by atoms with E-state index in [0.717, 1.165) is 0 Å². The van der Waals surface area contributed by atoms with E-state index in [1.807, 2.05) is 13.8 Å². The van der Waals surface area contributed by atoms with Gasteiger partial charge < -0.3 is 4.74 Å². The van der Waals surface area contributed by atoms with E-state index >= 15 is 0 Å². The van der Waals surface area contributed by atoms with Crippen LogP contribution in [-0.2, 0) is 4.79 Å². The van der Waals surface area contributed by atoms with Crippen molar-refractivity contribution >= 4 is 45.6 Å². The zero-order chi connectivity index (χ0) is 16.1. The SMILES string of the molecule is CC(C)CC(Oc1ccc(Cl)c(Cl)c1)C(=O)Nc1nccs1. The highest BCUT2D eigenvalue weighted by Gasteiger charge is 2.23. The summed E-state index contributed by atoms with van der Waals surface area (Å²) in [5, 5.41) is 5.95. The molecule has 1 aromatic heterocycles. The van der Waals surface area contributed by atoms with Crippen LogP contribution in [-0.4, -0.2) is 17.0 Å². The summed E-state index contributed by atoms with van der Waals surface area (Å²) < 4.78 is 5.79. The summed E-state index contributed by atoms with van der Waals surface area (Å²) in [5.41, 5.74) is 0. The predicted molar refractivity (Wildman–Crippen MR) is 91.1 cm³/mol. The van der Waals surface area contributed by atoms with Crippen LogP contribution in [0.3, 0.4) is 0 Å². The standard InChI is InChI=1S/C15H16Cl2N2O2S/c1-9(2)7-13(14(20)19-15-18-5-6-22-15)21-10-3-4-11(16)12(17)8-10/h3-6,8-9,13H,7H2,1-2H3,(H,18,19,20). The molecule has 4 nitrogen and oxygen atoms in total. The minimum absolute atomic E-state index is 0.227. The Bertz CT molecular complexity index is 632. The molecule has 0 aliphatic rings. The molecule has 1 amide bonds. The molecule has 22 heavy (non-hydrogen) atoms. The first-order chi connectivity index (χ1) is 10.5. The van der Waals surface area contributed by atoms with Crippen LogP contribution < -0.4 is 10.1 Å². The van der Waals surface area contributed by atoms with Crippen molar-refractivity contribution in [2.45, 2.75) is 26.4 Å². The third-order valence-corrected chi connectivity index (χ3v) is 4.24. The molecule has 7 heteroatoms. The smallest absolute Gasteiger partial charge is 0.267 e. The highest BCUT2D eigenvalue weighted by atomic mass is 35.5. The Hall–Kier alpha value is -1.30. The van der Waals surface area contributed by atoms with Crippen LogP contribution in [0.5, 0.6) is 5.75 Å². The summed E-state index contributed by atoms with van der Waals surface area (Å²) in [7, 11) is 0. The van der Waals surface area contributed by atoms with E-state index in [9.17, 15) is 4.79 Å². The molecule has 0 spiro atoms. The lowest BCUT2D eigenvalue weighted by Gasteiger charge is -2.20. The average molecular weight is 359 g/mol. The Kier molecular flexibility index (Phi) is 6.06. The third kappa shape index (κ3) is 4.87. The Morgan fingerprint density at radius 2 is 2.14 bits per heavy atom. The van der Waals surface area contributed by atoms with Crippen LogP contribution in [0, 0.1) is 5.92 Å². The van der Waals surface area contributed by atoms with E-state index < -0.39 is 6.10 Å². The van der Waals surface area contributed by atoms with E-state index in [0.29, 0.717) is 33.3 Å². The van der Waals surface area contributed by atoms with Gasteiger partial charge in [0.05, 0.1) is 10.0 Å².